The molecule has 1 saturated heterocycles. The van der Waals surface area contributed by atoms with Crippen LogP contribution in [-0.2, 0) is 11.3 Å². The van der Waals surface area contributed by atoms with Gasteiger partial charge in [-0.2, -0.15) is 4.52 Å². The number of aromatic nitrogens is 3. The first-order valence-corrected chi connectivity index (χ1v) is 8.92. The fraction of sp³-hybridized carbons (Fsp3) is 0.250. The first-order chi connectivity index (χ1) is 12.1. The molecule has 1 aromatic carbocycles. The van der Waals surface area contributed by atoms with Crippen molar-refractivity contribution >= 4 is 38.9 Å². The molecule has 1 aliphatic rings. The zero-order valence-electron chi connectivity index (χ0n) is 13.1. The van der Waals surface area contributed by atoms with Crippen molar-refractivity contribution in [3.8, 4) is 0 Å². The van der Waals surface area contributed by atoms with Gasteiger partial charge in [-0.1, -0.05) is 35.1 Å². The molecular formula is C16H14ClN5O2S. The van der Waals surface area contributed by atoms with Crippen molar-refractivity contribution in [1.29, 1.82) is 0 Å². The average molecular weight is 376 g/mol. The second-order valence-corrected chi connectivity index (χ2v) is 7.10. The standard InChI is InChI=1S/C16H14ClN5O2S/c17-12-3-1-11(2-4-12)9-20-7-8-21(10-14(20)24)16-19-22-13(23)5-6-18-15(22)25-16/h1-6H,7-10H2. The molecule has 0 N–H and O–H groups in total. The molecule has 3 aromatic rings. The molecule has 7 nitrogen and oxygen atoms in total. The van der Waals surface area contributed by atoms with Crippen molar-refractivity contribution in [3.63, 3.8) is 0 Å². The van der Waals surface area contributed by atoms with E-state index in [4.69, 9.17) is 11.6 Å². The lowest BCUT2D eigenvalue weighted by molar-refractivity contribution is -0.131. The predicted octanol–water partition coefficient (Wildman–Crippen LogP) is 1.65. The number of piperazine rings is 1. The summed E-state index contributed by atoms with van der Waals surface area (Å²) in [6, 6.07) is 8.86. The number of nitrogens with zero attached hydrogens (tertiary/aromatic N) is 5. The topological polar surface area (TPSA) is 70.8 Å². The Labute approximate surface area is 152 Å². The summed E-state index contributed by atoms with van der Waals surface area (Å²) < 4.78 is 1.27. The van der Waals surface area contributed by atoms with Crippen LogP contribution in [0.2, 0.25) is 5.02 Å². The molecule has 1 amide bonds. The summed E-state index contributed by atoms with van der Waals surface area (Å²) in [6.45, 7) is 2.06. The Kier molecular flexibility index (Phi) is 4.14. The summed E-state index contributed by atoms with van der Waals surface area (Å²) in [7, 11) is 0. The Balaban J connectivity index is 1.48. The molecular weight excluding hydrogens is 362 g/mol. The molecule has 9 heteroatoms. The summed E-state index contributed by atoms with van der Waals surface area (Å²) in [5, 5.41) is 5.60. The maximum atomic E-state index is 12.5. The molecule has 2 aromatic heterocycles. The molecule has 128 valence electrons. The zero-order valence-corrected chi connectivity index (χ0v) is 14.7. The van der Waals surface area contributed by atoms with Gasteiger partial charge < -0.3 is 9.80 Å². The molecule has 25 heavy (non-hydrogen) atoms. The van der Waals surface area contributed by atoms with E-state index >= 15 is 0 Å². The molecule has 0 atom stereocenters. The molecule has 4 rings (SSSR count). The highest BCUT2D eigenvalue weighted by atomic mass is 35.5. The van der Waals surface area contributed by atoms with Gasteiger partial charge in [0.15, 0.2) is 0 Å². The fourth-order valence-corrected chi connectivity index (χ4v) is 3.74. The van der Waals surface area contributed by atoms with Gasteiger partial charge in [-0.3, -0.25) is 9.59 Å². The third-order valence-corrected chi connectivity index (χ3v) is 5.27. The van der Waals surface area contributed by atoms with E-state index in [0.717, 1.165) is 5.56 Å². The Morgan fingerprint density at radius 3 is 2.64 bits per heavy atom. The maximum absolute atomic E-state index is 12.5. The Hall–Kier alpha value is -2.45. The van der Waals surface area contributed by atoms with Crippen molar-refractivity contribution in [2.75, 3.05) is 24.5 Å². The molecule has 0 aliphatic carbocycles. The normalized spacial score (nSPS) is 15.2. The van der Waals surface area contributed by atoms with Gasteiger partial charge in [-0.05, 0) is 17.7 Å². The number of fused-ring (bicyclic) bond motifs is 1. The van der Waals surface area contributed by atoms with Gasteiger partial charge in [-0.15, -0.1) is 5.10 Å². The molecule has 1 fully saturated rings. The molecule has 0 saturated carbocycles. The minimum Gasteiger partial charge on any atom is -0.336 e. The lowest BCUT2D eigenvalue weighted by Crippen LogP contribution is -2.50. The monoisotopic (exact) mass is 375 g/mol. The van der Waals surface area contributed by atoms with Crippen molar-refractivity contribution in [3.05, 3.63) is 57.5 Å². The van der Waals surface area contributed by atoms with Crippen LogP contribution in [0.3, 0.4) is 0 Å². The van der Waals surface area contributed by atoms with Gasteiger partial charge >= 0.3 is 0 Å². The SMILES string of the molecule is O=C1CN(c2nn3c(=O)ccnc3s2)CCN1Cc1ccc(Cl)cc1. The van der Waals surface area contributed by atoms with Crippen molar-refractivity contribution < 1.29 is 4.79 Å². The highest BCUT2D eigenvalue weighted by Gasteiger charge is 2.26. The lowest BCUT2D eigenvalue weighted by atomic mass is 10.2. The molecule has 1 aliphatic heterocycles. The van der Waals surface area contributed by atoms with E-state index in [9.17, 15) is 9.59 Å². The van der Waals surface area contributed by atoms with Crippen molar-refractivity contribution in [1.82, 2.24) is 19.5 Å². The van der Waals surface area contributed by atoms with E-state index in [0.29, 0.717) is 34.7 Å². The zero-order chi connectivity index (χ0) is 17.4. The molecule has 0 bridgehead atoms. The third kappa shape index (κ3) is 3.22. The molecule has 0 radical (unpaired) electrons. The summed E-state index contributed by atoms with van der Waals surface area (Å²) in [5.41, 5.74) is 0.821. The second-order valence-electron chi connectivity index (χ2n) is 5.73. The van der Waals surface area contributed by atoms with Crippen molar-refractivity contribution in [2.45, 2.75) is 6.54 Å². The van der Waals surface area contributed by atoms with Gasteiger partial charge in [0, 0.05) is 36.9 Å². The van der Waals surface area contributed by atoms with Gasteiger partial charge in [0.2, 0.25) is 16.0 Å². The predicted molar refractivity (Wildman–Crippen MR) is 96.2 cm³/mol. The second kappa shape index (κ2) is 6.45. The summed E-state index contributed by atoms with van der Waals surface area (Å²) in [5.74, 6) is 0.0285. The largest absolute Gasteiger partial charge is 0.336 e. The average Bonchev–Trinajstić information content (AvgIpc) is 3.04. The van der Waals surface area contributed by atoms with Gasteiger partial charge in [0.1, 0.15) is 0 Å². The Morgan fingerprint density at radius 1 is 1.12 bits per heavy atom. The minimum absolute atomic E-state index is 0.0285. The number of anilines is 1. The number of amides is 1. The molecule has 0 spiro atoms. The Morgan fingerprint density at radius 2 is 1.92 bits per heavy atom. The number of hydrogen-bond donors (Lipinski definition) is 0. The number of carbonyl (C=O) groups excluding carboxylic acids is 1. The molecule has 3 heterocycles. The quantitative estimate of drug-likeness (QED) is 0.696. The fourth-order valence-electron chi connectivity index (χ4n) is 2.71. The van der Waals surface area contributed by atoms with E-state index < -0.39 is 0 Å². The Bertz CT molecular complexity index is 984. The van der Waals surface area contributed by atoms with Gasteiger partial charge in [0.25, 0.3) is 5.56 Å². The number of carbonyl (C=O) groups is 1. The number of hydrogen-bond acceptors (Lipinski definition) is 6. The van der Waals surface area contributed by atoms with Crippen LogP contribution in [0.5, 0.6) is 0 Å². The van der Waals surface area contributed by atoms with E-state index in [-0.39, 0.29) is 18.0 Å². The highest BCUT2D eigenvalue weighted by Crippen LogP contribution is 2.23. The van der Waals surface area contributed by atoms with E-state index in [2.05, 4.69) is 10.1 Å². The highest BCUT2D eigenvalue weighted by molar-refractivity contribution is 7.20. The van der Waals surface area contributed by atoms with Gasteiger partial charge in [-0.25, -0.2) is 4.98 Å². The van der Waals surface area contributed by atoms with Crippen LogP contribution < -0.4 is 10.5 Å². The number of rotatable bonds is 3. The first kappa shape index (κ1) is 16.0. The van der Waals surface area contributed by atoms with E-state index in [1.54, 1.807) is 0 Å². The van der Waals surface area contributed by atoms with Crippen LogP contribution in [-0.4, -0.2) is 45.0 Å². The van der Waals surface area contributed by atoms with Crippen LogP contribution in [0.25, 0.3) is 4.96 Å². The van der Waals surface area contributed by atoms with Crippen LogP contribution in [0, 0.1) is 0 Å². The van der Waals surface area contributed by atoms with Crippen LogP contribution in [0.4, 0.5) is 5.13 Å². The number of halogens is 1. The van der Waals surface area contributed by atoms with Crippen LogP contribution in [0.1, 0.15) is 5.56 Å². The van der Waals surface area contributed by atoms with E-state index in [1.165, 1.54) is 28.1 Å². The smallest absolute Gasteiger partial charge is 0.275 e. The van der Waals surface area contributed by atoms with E-state index in [1.807, 2.05) is 34.1 Å². The van der Waals surface area contributed by atoms with Crippen LogP contribution in [0.15, 0.2) is 41.3 Å². The summed E-state index contributed by atoms with van der Waals surface area (Å²) in [4.78, 5) is 32.6. The summed E-state index contributed by atoms with van der Waals surface area (Å²) >= 11 is 7.20. The third-order valence-electron chi connectivity index (χ3n) is 4.04. The maximum Gasteiger partial charge on any atom is 0.275 e. The number of benzene rings is 1. The van der Waals surface area contributed by atoms with Crippen LogP contribution >= 0.6 is 22.9 Å². The van der Waals surface area contributed by atoms with Crippen molar-refractivity contribution in [2.24, 2.45) is 0 Å². The molecule has 0 unspecified atom stereocenters. The first-order valence-electron chi connectivity index (χ1n) is 7.72. The van der Waals surface area contributed by atoms with Gasteiger partial charge in [0.05, 0.1) is 6.54 Å². The minimum atomic E-state index is -0.222. The summed E-state index contributed by atoms with van der Waals surface area (Å²) in [6.07, 6.45) is 1.47. The lowest BCUT2D eigenvalue weighted by Gasteiger charge is -2.34.